The summed E-state index contributed by atoms with van der Waals surface area (Å²) in [5.74, 6) is -0.459. The Bertz CT molecular complexity index is 647. The van der Waals surface area contributed by atoms with Crippen molar-refractivity contribution in [2.45, 2.75) is 6.42 Å². The minimum atomic E-state index is -0.964. The van der Waals surface area contributed by atoms with Crippen molar-refractivity contribution in [3.05, 3.63) is 52.5 Å². The zero-order valence-corrected chi connectivity index (χ0v) is 10.8. The minimum Gasteiger partial charge on any atom is -0.492 e. The lowest BCUT2D eigenvalue weighted by Crippen LogP contribution is -2.00. The molecule has 2 aromatic carbocycles. The summed E-state index contributed by atoms with van der Waals surface area (Å²) in [6.07, 6.45) is 0.747. The molecule has 3 nitrogen and oxygen atoms in total. The highest BCUT2D eigenvalue weighted by molar-refractivity contribution is 6.30. The van der Waals surface area contributed by atoms with Crippen LogP contribution in [-0.2, 0) is 6.42 Å². The van der Waals surface area contributed by atoms with Crippen molar-refractivity contribution < 1.29 is 14.6 Å². The van der Waals surface area contributed by atoms with E-state index in [0.717, 1.165) is 23.1 Å². The second kappa shape index (κ2) is 4.59. The number of carboxylic acid groups (broad SMARTS) is 1. The van der Waals surface area contributed by atoms with E-state index >= 15 is 0 Å². The number of carbonyl (C=O) groups is 1. The summed E-state index contributed by atoms with van der Waals surface area (Å²) in [4.78, 5) is 11.3. The van der Waals surface area contributed by atoms with Crippen molar-refractivity contribution in [3.63, 3.8) is 0 Å². The van der Waals surface area contributed by atoms with Gasteiger partial charge in [-0.1, -0.05) is 23.7 Å². The third-order valence-electron chi connectivity index (χ3n) is 3.19. The van der Waals surface area contributed by atoms with E-state index < -0.39 is 5.97 Å². The molecule has 0 fully saturated rings. The van der Waals surface area contributed by atoms with Gasteiger partial charge in [-0.3, -0.25) is 0 Å². The van der Waals surface area contributed by atoms with Crippen LogP contribution in [0.15, 0.2) is 36.4 Å². The van der Waals surface area contributed by atoms with E-state index in [-0.39, 0.29) is 5.56 Å². The lowest BCUT2D eigenvalue weighted by atomic mass is 9.98. The van der Waals surface area contributed by atoms with Crippen LogP contribution in [0.4, 0.5) is 0 Å². The van der Waals surface area contributed by atoms with Crippen LogP contribution in [0.1, 0.15) is 15.9 Å². The molecule has 4 heteroatoms. The van der Waals surface area contributed by atoms with Gasteiger partial charge in [0.25, 0.3) is 0 Å². The zero-order chi connectivity index (χ0) is 13.4. The molecule has 19 heavy (non-hydrogen) atoms. The fourth-order valence-electron chi connectivity index (χ4n) is 2.28. The Morgan fingerprint density at radius 2 is 1.89 bits per heavy atom. The summed E-state index contributed by atoms with van der Waals surface area (Å²) in [5, 5.41) is 9.92. The quantitative estimate of drug-likeness (QED) is 0.909. The molecular formula is C15H11ClO3. The third kappa shape index (κ3) is 2.17. The van der Waals surface area contributed by atoms with Crippen molar-refractivity contribution in [1.82, 2.24) is 0 Å². The average molecular weight is 275 g/mol. The summed E-state index contributed by atoms with van der Waals surface area (Å²) in [5.41, 5.74) is 2.99. The number of carboxylic acids is 1. The molecule has 96 valence electrons. The molecular weight excluding hydrogens is 264 g/mol. The van der Waals surface area contributed by atoms with Crippen LogP contribution in [0.2, 0.25) is 5.02 Å². The number of hydrogen-bond donors (Lipinski definition) is 1. The minimum absolute atomic E-state index is 0.222. The number of halogens is 1. The molecule has 0 amide bonds. The Morgan fingerprint density at radius 3 is 2.58 bits per heavy atom. The molecule has 1 heterocycles. The van der Waals surface area contributed by atoms with E-state index in [1.807, 2.05) is 18.2 Å². The maximum atomic E-state index is 11.3. The molecule has 2 aromatic rings. The highest BCUT2D eigenvalue weighted by Crippen LogP contribution is 2.35. The molecule has 1 aliphatic rings. The maximum Gasteiger partial charge on any atom is 0.339 e. The van der Waals surface area contributed by atoms with Gasteiger partial charge in [0.15, 0.2) is 0 Å². The fraction of sp³-hybridized carbons (Fsp3) is 0.133. The predicted octanol–water partition coefficient (Wildman–Crippen LogP) is 3.64. The van der Waals surface area contributed by atoms with Gasteiger partial charge in [0.1, 0.15) is 11.3 Å². The van der Waals surface area contributed by atoms with Gasteiger partial charge in [0, 0.05) is 11.4 Å². The van der Waals surface area contributed by atoms with Crippen molar-refractivity contribution in [2.75, 3.05) is 6.61 Å². The molecule has 0 aliphatic carbocycles. The zero-order valence-electron chi connectivity index (χ0n) is 10.0. The lowest BCUT2D eigenvalue weighted by molar-refractivity contribution is 0.0693. The number of hydrogen-bond acceptors (Lipinski definition) is 2. The van der Waals surface area contributed by atoms with Crippen LogP contribution in [0.3, 0.4) is 0 Å². The van der Waals surface area contributed by atoms with Gasteiger partial charge in [0.05, 0.1) is 6.61 Å². The van der Waals surface area contributed by atoms with Gasteiger partial charge in [-0.05, 0) is 41.0 Å². The van der Waals surface area contributed by atoms with Crippen LogP contribution in [0, 0.1) is 0 Å². The highest BCUT2D eigenvalue weighted by Gasteiger charge is 2.22. The van der Waals surface area contributed by atoms with Crippen molar-refractivity contribution >= 4 is 17.6 Å². The molecule has 0 aromatic heterocycles. The molecule has 0 bridgehead atoms. The first kappa shape index (κ1) is 12.1. The number of aromatic carboxylic acids is 1. The van der Waals surface area contributed by atoms with E-state index in [4.69, 9.17) is 16.3 Å². The van der Waals surface area contributed by atoms with Gasteiger partial charge in [-0.15, -0.1) is 0 Å². The van der Waals surface area contributed by atoms with E-state index in [1.165, 1.54) is 0 Å². The smallest absolute Gasteiger partial charge is 0.339 e. The standard InChI is InChI=1S/C15H11ClO3/c16-12-3-1-9(2-4-12)11-7-10-5-6-19-14(10)13(8-11)15(17)18/h1-4,7-8H,5-6H2,(H,17,18). The molecule has 0 spiro atoms. The maximum absolute atomic E-state index is 11.3. The molecule has 1 aliphatic heterocycles. The Kier molecular flexibility index (Phi) is 2.91. The second-order valence-corrected chi connectivity index (χ2v) is 4.86. The van der Waals surface area contributed by atoms with E-state index in [2.05, 4.69) is 0 Å². The first-order valence-electron chi connectivity index (χ1n) is 5.94. The first-order chi connectivity index (χ1) is 9.15. The van der Waals surface area contributed by atoms with Crippen molar-refractivity contribution in [1.29, 1.82) is 0 Å². The Labute approximate surface area is 115 Å². The van der Waals surface area contributed by atoms with Crippen LogP contribution < -0.4 is 4.74 Å². The molecule has 0 radical (unpaired) electrons. The van der Waals surface area contributed by atoms with Gasteiger partial charge in [0.2, 0.25) is 0 Å². The number of fused-ring (bicyclic) bond motifs is 1. The summed E-state index contributed by atoms with van der Waals surface area (Å²) in [7, 11) is 0. The summed E-state index contributed by atoms with van der Waals surface area (Å²) >= 11 is 5.86. The molecule has 0 saturated heterocycles. The van der Waals surface area contributed by atoms with Crippen LogP contribution in [-0.4, -0.2) is 17.7 Å². The number of ether oxygens (including phenoxy) is 1. The highest BCUT2D eigenvalue weighted by atomic mass is 35.5. The van der Waals surface area contributed by atoms with Crippen LogP contribution >= 0.6 is 11.6 Å². The first-order valence-corrected chi connectivity index (χ1v) is 6.32. The summed E-state index contributed by atoms with van der Waals surface area (Å²) < 4.78 is 5.40. The van der Waals surface area contributed by atoms with Gasteiger partial charge >= 0.3 is 5.97 Å². The molecule has 3 rings (SSSR count). The number of rotatable bonds is 2. The average Bonchev–Trinajstić information content (AvgIpc) is 2.86. The normalized spacial score (nSPS) is 12.9. The lowest BCUT2D eigenvalue weighted by Gasteiger charge is -2.08. The van der Waals surface area contributed by atoms with E-state index in [1.54, 1.807) is 18.2 Å². The Hall–Kier alpha value is -2.00. The van der Waals surface area contributed by atoms with Gasteiger partial charge < -0.3 is 9.84 Å². The molecule has 0 atom stereocenters. The number of benzene rings is 2. The SMILES string of the molecule is O=C(O)c1cc(-c2ccc(Cl)cc2)cc2c1OCC2. The van der Waals surface area contributed by atoms with Crippen molar-refractivity contribution in [2.24, 2.45) is 0 Å². The fourth-order valence-corrected chi connectivity index (χ4v) is 2.40. The second-order valence-electron chi connectivity index (χ2n) is 4.42. The molecule has 1 N–H and O–H groups in total. The van der Waals surface area contributed by atoms with Gasteiger partial charge in [-0.25, -0.2) is 4.79 Å². The topological polar surface area (TPSA) is 46.5 Å². The van der Waals surface area contributed by atoms with Crippen molar-refractivity contribution in [3.8, 4) is 16.9 Å². The third-order valence-corrected chi connectivity index (χ3v) is 3.44. The largest absolute Gasteiger partial charge is 0.492 e. The Morgan fingerprint density at radius 1 is 1.16 bits per heavy atom. The summed E-state index contributed by atoms with van der Waals surface area (Å²) in [6.45, 7) is 0.541. The van der Waals surface area contributed by atoms with E-state index in [9.17, 15) is 9.90 Å². The van der Waals surface area contributed by atoms with Gasteiger partial charge in [-0.2, -0.15) is 0 Å². The summed E-state index contributed by atoms with van der Waals surface area (Å²) in [6, 6.07) is 11.0. The predicted molar refractivity (Wildman–Crippen MR) is 73.0 cm³/mol. The molecule has 0 unspecified atom stereocenters. The van der Waals surface area contributed by atoms with E-state index in [0.29, 0.717) is 17.4 Å². The van der Waals surface area contributed by atoms with Crippen LogP contribution in [0.5, 0.6) is 5.75 Å². The Balaban J connectivity index is 2.15. The molecule has 0 saturated carbocycles. The van der Waals surface area contributed by atoms with Crippen LogP contribution in [0.25, 0.3) is 11.1 Å². The monoisotopic (exact) mass is 274 g/mol.